The van der Waals surface area contributed by atoms with Crippen LogP contribution in [0.1, 0.15) is 25.0 Å². The Hall–Kier alpha value is -9.72. The minimum absolute atomic E-state index is 0.152. The van der Waals surface area contributed by atoms with Crippen molar-refractivity contribution >= 4 is 60.6 Å². The predicted octanol–water partition coefficient (Wildman–Crippen LogP) is 16.7. The zero-order valence-electron chi connectivity index (χ0n) is 40.6. The first-order valence-electron chi connectivity index (χ1n) is 25.0. The SMILES string of the molecule is CC1(C)c2ccccc2-c2ccc(N(c3ccc(-c4ccccc4)cc3)c3ccc(-c4ccc5c(c4)c4cc6c(cc4n5-c4nc(-c5ccccc5)nc(-c5ccccc5)n4)c(=O)oc4ccccc46)cc3)cc21. The van der Waals surface area contributed by atoms with E-state index in [-0.39, 0.29) is 5.41 Å². The van der Waals surface area contributed by atoms with Crippen LogP contribution in [0.3, 0.4) is 0 Å². The third-order valence-electron chi connectivity index (χ3n) is 14.9. The van der Waals surface area contributed by atoms with Crippen LogP contribution in [-0.4, -0.2) is 19.5 Å². The summed E-state index contributed by atoms with van der Waals surface area (Å²) in [7, 11) is 0. The maximum absolute atomic E-state index is 13.9. The van der Waals surface area contributed by atoms with Gasteiger partial charge in [0.15, 0.2) is 11.6 Å². The molecule has 1 aliphatic rings. The average Bonchev–Trinajstić information content (AvgIpc) is 3.90. The van der Waals surface area contributed by atoms with E-state index in [0.29, 0.717) is 28.6 Å². The van der Waals surface area contributed by atoms with Crippen molar-refractivity contribution in [1.29, 1.82) is 0 Å². The van der Waals surface area contributed by atoms with E-state index in [4.69, 9.17) is 19.4 Å². The van der Waals surface area contributed by atoms with Crippen LogP contribution in [0.2, 0.25) is 0 Å². The molecule has 74 heavy (non-hydrogen) atoms. The largest absolute Gasteiger partial charge is 0.422 e. The van der Waals surface area contributed by atoms with Crippen LogP contribution in [0.15, 0.2) is 246 Å². The van der Waals surface area contributed by atoms with E-state index in [9.17, 15) is 4.79 Å². The third-order valence-corrected chi connectivity index (χ3v) is 14.9. The standard InChI is InChI=1S/C67H45N5O2/c1-67(2)58-24-14-12-22-51(58)52-36-35-50(39-59(52)67)71(48-31-26-43(27-32-48)42-16-6-3-7-17-42)49-33-28-44(29-34-49)47-30-37-60-55(38-47)56-40-54-53-23-13-15-25-62(53)74-65(73)57(54)41-61(56)72(60)66-69-63(45-18-8-4-9-19-45)68-64(70-66)46-20-10-5-11-21-46/h3-41H,1-2H3. The van der Waals surface area contributed by atoms with Crippen LogP contribution in [0.25, 0.3) is 106 Å². The van der Waals surface area contributed by atoms with Gasteiger partial charge in [-0.1, -0.05) is 184 Å². The van der Waals surface area contributed by atoms with Gasteiger partial charge >= 0.3 is 5.63 Å². The zero-order valence-corrected chi connectivity index (χ0v) is 40.6. The van der Waals surface area contributed by atoms with Crippen molar-refractivity contribution in [3.63, 3.8) is 0 Å². The van der Waals surface area contributed by atoms with E-state index in [1.807, 2.05) is 91.0 Å². The molecule has 0 fully saturated rings. The van der Waals surface area contributed by atoms with E-state index in [2.05, 4.69) is 169 Å². The summed E-state index contributed by atoms with van der Waals surface area (Å²) in [6, 6.07) is 82.3. The summed E-state index contributed by atoms with van der Waals surface area (Å²) < 4.78 is 7.97. The van der Waals surface area contributed by atoms with Crippen LogP contribution in [-0.2, 0) is 5.41 Å². The summed E-state index contributed by atoms with van der Waals surface area (Å²) in [6.07, 6.45) is 0. The summed E-state index contributed by atoms with van der Waals surface area (Å²) in [5, 5.41) is 4.11. The molecule has 1 aliphatic carbocycles. The molecule has 7 nitrogen and oxygen atoms in total. The molecule has 3 aromatic heterocycles. The van der Waals surface area contributed by atoms with Crippen molar-refractivity contribution < 1.29 is 4.42 Å². The first kappa shape index (κ1) is 43.1. The van der Waals surface area contributed by atoms with Gasteiger partial charge in [0.05, 0.1) is 16.4 Å². The molecule has 13 aromatic rings. The molecular formula is C67H45N5O2. The highest BCUT2D eigenvalue weighted by Gasteiger charge is 2.36. The van der Waals surface area contributed by atoms with E-state index in [1.54, 1.807) is 0 Å². The van der Waals surface area contributed by atoms with Crippen LogP contribution < -0.4 is 10.5 Å². The van der Waals surface area contributed by atoms with E-state index >= 15 is 0 Å². The fourth-order valence-corrected chi connectivity index (χ4v) is 11.2. The van der Waals surface area contributed by atoms with Gasteiger partial charge in [-0.3, -0.25) is 4.57 Å². The number of hydrogen-bond acceptors (Lipinski definition) is 6. The fraction of sp³-hybridized carbons (Fsp3) is 0.0448. The Morgan fingerprint density at radius 2 is 0.919 bits per heavy atom. The second-order valence-corrected chi connectivity index (χ2v) is 19.6. The Balaban J connectivity index is 0.932. The second kappa shape index (κ2) is 17.0. The van der Waals surface area contributed by atoms with Crippen molar-refractivity contribution in [2.75, 3.05) is 4.90 Å². The number of aromatic nitrogens is 4. The molecule has 0 unspecified atom stereocenters. The minimum Gasteiger partial charge on any atom is -0.422 e. The molecule has 0 spiro atoms. The topological polar surface area (TPSA) is 77.1 Å². The van der Waals surface area contributed by atoms with Crippen molar-refractivity contribution in [3.05, 3.63) is 258 Å². The molecule has 10 aromatic carbocycles. The summed E-state index contributed by atoms with van der Waals surface area (Å²) in [6.45, 7) is 4.66. The van der Waals surface area contributed by atoms with Gasteiger partial charge in [-0.05, 0) is 111 Å². The third kappa shape index (κ3) is 7.04. The highest BCUT2D eigenvalue weighted by atomic mass is 16.4. The van der Waals surface area contributed by atoms with E-state index in [0.717, 1.165) is 71.9 Å². The Kier molecular flexibility index (Phi) is 9.88. The maximum atomic E-state index is 13.9. The van der Waals surface area contributed by atoms with Gasteiger partial charge in [-0.15, -0.1) is 0 Å². The Bertz CT molecular complexity index is 4340. The van der Waals surface area contributed by atoms with E-state index in [1.165, 1.54) is 33.4 Å². The molecule has 0 saturated heterocycles. The zero-order chi connectivity index (χ0) is 49.5. The summed E-state index contributed by atoms with van der Waals surface area (Å²) in [5.41, 5.74) is 16.3. The monoisotopic (exact) mass is 951 g/mol. The van der Waals surface area contributed by atoms with Gasteiger partial charge in [0.25, 0.3) is 0 Å². The van der Waals surface area contributed by atoms with Crippen molar-refractivity contribution in [2.45, 2.75) is 19.3 Å². The molecule has 0 aliphatic heterocycles. The summed E-state index contributed by atoms with van der Waals surface area (Å²) >= 11 is 0. The van der Waals surface area contributed by atoms with Crippen molar-refractivity contribution in [1.82, 2.24) is 19.5 Å². The number of para-hydroxylation sites is 1. The van der Waals surface area contributed by atoms with Crippen LogP contribution >= 0.6 is 0 Å². The lowest BCUT2D eigenvalue weighted by Crippen LogP contribution is -2.16. The number of nitrogens with zero attached hydrogens (tertiary/aromatic N) is 5. The molecule has 0 saturated carbocycles. The first-order valence-corrected chi connectivity index (χ1v) is 25.0. The number of rotatable bonds is 8. The van der Waals surface area contributed by atoms with Crippen molar-refractivity contribution in [3.8, 4) is 62.1 Å². The lowest BCUT2D eigenvalue weighted by Gasteiger charge is -2.28. The fourth-order valence-electron chi connectivity index (χ4n) is 11.2. The molecule has 14 rings (SSSR count). The maximum Gasteiger partial charge on any atom is 0.344 e. The Morgan fingerprint density at radius 1 is 0.392 bits per heavy atom. The van der Waals surface area contributed by atoms with E-state index < -0.39 is 5.63 Å². The van der Waals surface area contributed by atoms with Crippen LogP contribution in [0.4, 0.5) is 17.1 Å². The van der Waals surface area contributed by atoms with Gasteiger partial charge in [0.1, 0.15) is 5.58 Å². The van der Waals surface area contributed by atoms with Crippen molar-refractivity contribution in [2.24, 2.45) is 0 Å². The normalized spacial score (nSPS) is 12.6. The number of anilines is 3. The lowest BCUT2D eigenvalue weighted by atomic mass is 9.82. The van der Waals surface area contributed by atoms with Crippen LogP contribution in [0, 0.1) is 0 Å². The molecule has 7 heteroatoms. The van der Waals surface area contributed by atoms with Gasteiger partial charge in [-0.25, -0.2) is 9.78 Å². The summed E-state index contributed by atoms with van der Waals surface area (Å²) in [5.74, 6) is 1.53. The number of hydrogen-bond donors (Lipinski definition) is 0. The first-order chi connectivity index (χ1) is 36.3. The van der Waals surface area contributed by atoms with Crippen LogP contribution in [0.5, 0.6) is 0 Å². The lowest BCUT2D eigenvalue weighted by molar-refractivity contribution is 0.570. The molecular weight excluding hydrogens is 907 g/mol. The molecule has 0 bridgehead atoms. The molecule has 350 valence electrons. The Morgan fingerprint density at radius 3 is 1.59 bits per heavy atom. The number of benzene rings is 10. The highest BCUT2D eigenvalue weighted by Crippen LogP contribution is 2.51. The predicted molar refractivity (Wildman–Crippen MR) is 302 cm³/mol. The van der Waals surface area contributed by atoms with Gasteiger partial charge in [0.2, 0.25) is 5.95 Å². The van der Waals surface area contributed by atoms with Gasteiger partial charge < -0.3 is 9.32 Å². The molecule has 0 radical (unpaired) electrons. The molecule has 3 heterocycles. The van der Waals surface area contributed by atoms with Gasteiger partial charge in [0, 0.05) is 55.1 Å². The number of fused-ring (bicyclic) bond motifs is 9. The second-order valence-electron chi connectivity index (χ2n) is 19.6. The average molecular weight is 952 g/mol. The molecule has 0 amide bonds. The smallest absolute Gasteiger partial charge is 0.344 e. The summed E-state index contributed by atoms with van der Waals surface area (Å²) in [4.78, 5) is 31.6. The highest BCUT2D eigenvalue weighted by molar-refractivity contribution is 6.18. The molecule has 0 N–H and O–H groups in total. The Labute approximate surface area is 427 Å². The quantitative estimate of drug-likeness (QED) is 0.112. The van der Waals surface area contributed by atoms with Gasteiger partial charge in [-0.2, -0.15) is 9.97 Å². The minimum atomic E-state index is -0.404. The molecule has 0 atom stereocenters.